The largest absolute Gasteiger partial charge is 0.497 e. The Morgan fingerprint density at radius 1 is 1.03 bits per heavy atom. The SMILES string of the molecule is CN=C(NCCCOc1cccc(OC)c1)NCCc1ccc2c(c1)OCO2.I. The van der Waals surface area contributed by atoms with Crippen molar-refractivity contribution < 1.29 is 18.9 Å². The first-order valence-electron chi connectivity index (χ1n) is 9.38. The van der Waals surface area contributed by atoms with Gasteiger partial charge in [0.25, 0.3) is 0 Å². The van der Waals surface area contributed by atoms with E-state index in [4.69, 9.17) is 18.9 Å². The molecule has 2 aromatic rings. The number of aliphatic imine (C=N–C) groups is 1. The maximum absolute atomic E-state index is 5.74. The van der Waals surface area contributed by atoms with Crippen LogP contribution in [-0.2, 0) is 6.42 Å². The number of nitrogens with one attached hydrogen (secondary N) is 2. The zero-order valence-corrected chi connectivity index (χ0v) is 19.1. The molecular formula is C21H28IN3O4. The maximum Gasteiger partial charge on any atom is 0.231 e. The molecule has 3 rings (SSSR count). The average Bonchev–Trinajstić information content (AvgIpc) is 3.20. The maximum atomic E-state index is 5.74. The van der Waals surface area contributed by atoms with Gasteiger partial charge in [-0.2, -0.15) is 0 Å². The first-order valence-corrected chi connectivity index (χ1v) is 9.38. The highest BCUT2D eigenvalue weighted by atomic mass is 127. The van der Waals surface area contributed by atoms with Crippen molar-refractivity contribution in [3.63, 3.8) is 0 Å². The zero-order chi connectivity index (χ0) is 19.6. The molecule has 1 heterocycles. The minimum atomic E-state index is 0. The topological polar surface area (TPSA) is 73.3 Å². The number of nitrogens with zero attached hydrogens (tertiary/aromatic N) is 1. The van der Waals surface area contributed by atoms with Gasteiger partial charge in [-0.05, 0) is 42.7 Å². The van der Waals surface area contributed by atoms with Gasteiger partial charge in [0.05, 0.1) is 13.7 Å². The molecule has 0 bridgehead atoms. The molecule has 0 amide bonds. The lowest BCUT2D eigenvalue weighted by atomic mass is 10.1. The first-order chi connectivity index (χ1) is 13.8. The lowest BCUT2D eigenvalue weighted by Crippen LogP contribution is -2.39. The standard InChI is InChI=1S/C21H27N3O4.HI/c1-22-21(23-10-4-12-26-18-6-3-5-17(14-18)25-2)24-11-9-16-7-8-19-20(13-16)28-15-27-19;/h3,5-8,13-14H,4,9-12,15H2,1-2H3,(H2,22,23,24);1H. The van der Waals surface area contributed by atoms with Crippen molar-refractivity contribution in [1.29, 1.82) is 0 Å². The van der Waals surface area contributed by atoms with Gasteiger partial charge >= 0.3 is 0 Å². The van der Waals surface area contributed by atoms with E-state index in [2.05, 4.69) is 21.7 Å². The van der Waals surface area contributed by atoms with Crippen LogP contribution in [0, 0.1) is 0 Å². The van der Waals surface area contributed by atoms with E-state index in [0.717, 1.165) is 54.9 Å². The zero-order valence-electron chi connectivity index (χ0n) is 16.8. The van der Waals surface area contributed by atoms with Gasteiger partial charge in [0, 0.05) is 26.2 Å². The normalized spacial score (nSPS) is 12.1. The summed E-state index contributed by atoms with van der Waals surface area (Å²) in [5.74, 6) is 4.01. The van der Waals surface area contributed by atoms with E-state index in [1.54, 1.807) is 14.2 Å². The Hall–Kier alpha value is -2.36. The van der Waals surface area contributed by atoms with E-state index in [1.807, 2.05) is 36.4 Å². The van der Waals surface area contributed by atoms with E-state index in [-0.39, 0.29) is 24.0 Å². The number of rotatable bonds is 9. The number of hydrogen-bond donors (Lipinski definition) is 2. The molecular weight excluding hydrogens is 485 g/mol. The number of guanidine groups is 1. The Morgan fingerprint density at radius 2 is 1.83 bits per heavy atom. The van der Waals surface area contributed by atoms with Gasteiger partial charge in [-0.25, -0.2) is 0 Å². The van der Waals surface area contributed by atoms with Gasteiger partial charge in [0.15, 0.2) is 17.5 Å². The van der Waals surface area contributed by atoms with Gasteiger partial charge in [-0.1, -0.05) is 12.1 Å². The number of benzene rings is 2. The van der Waals surface area contributed by atoms with Gasteiger partial charge in [-0.15, -0.1) is 24.0 Å². The smallest absolute Gasteiger partial charge is 0.231 e. The van der Waals surface area contributed by atoms with Crippen LogP contribution in [0.15, 0.2) is 47.5 Å². The van der Waals surface area contributed by atoms with Crippen molar-refractivity contribution in [2.75, 3.05) is 40.6 Å². The van der Waals surface area contributed by atoms with Gasteiger partial charge in [0.1, 0.15) is 11.5 Å². The van der Waals surface area contributed by atoms with E-state index in [9.17, 15) is 0 Å². The van der Waals surface area contributed by atoms with E-state index < -0.39 is 0 Å². The summed E-state index contributed by atoms with van der Waals surface area (Å²) in [6.07, 6.45) is 1.73. The van der Waals surface area contributed by atoms with E-state index in [1.165, 1.54) is 5.56 Å². The molecule has 1 aliphatic heterocycles. The molecule has 0 saturated carbocycles. The van der Waals surface area contributed by atoms with Crippen molar-refractivity contribution in [2.24, 2.45) is 4.99 Å². The third-order valence-electron chi connectivity index (χ3n) is 4.29. The highest BCUT2D eigenvalue weighted by Gasteiger charge is 2.12. The molecule has 0 fully saturated rings. The van der Waals surface area contributed by atoms with Crippen LogP contribution in [0.25, 0.3) is 0 Å². The van der Waals surface area contributed by atoms with E-state index >= 15 is 0 Å². The average molecular weight is 513 g/mol. The summed E-state index contributed by atoms with van der Waals surface area (Å²) < 4.78 is 21.7. The molecule has 7 nitrogen and oxygen atoms in total. The van der Waals surface area contributed by atoms with Crippen LogP contribution in [0.4, 0.5) is 0 Å². The molecule has 29 heavy (non-hydrogen) atoms. The Balaban J connectivity index is 0.00000300. The second-order valence-corrected chi connectivity index (χ2v) is 6.24. The number of fused-ring (bicyclic) bond motifs is 1. The summed E-state index contributed by atoms with van der Waals surface area (Å²) in [5.41, 5.74) is 1.19. The fraction of sp³-hybridized carbons (Fsp3) is 0.381. The molecule has 2 N–H and O–H groups in total. The lowest BCUT2D eigenvalue weighted by molar-refractivity contribution is 0.174. The van der Waals surface area contributed by atoms with Crippen LogP contribution in [0.2, 0.25) is 0 Å². The number of ether oxygens (including phenoxy) is 4. The summed E-state index contributed by atoms with van der Waals surface area (Å²) >= 11 is 0. The summed E-state index contributed by atoms with van der Waals surface area (Å²) in [4.78, 5) is 4.25. The number of hydrogen-bond acceptors (Lipinski definition) is 5. The van der Waals surface area contributed by atoms with Crippen LogP contribution in [0.3, 0.4) is 0 Å². The Kier molecular flexibility index (Phi) is 9.69. The van der Waals surface area contributed by atoms with E-state index in [0.29, 0.717) is 13.4 Å². The Morgan fingerprint density at radius 3 is 2.66 bits per heavy atom. The van der Waals surface area contributed by atoms with Crippen LogP contribution in [0.5, 0.6) is 23.0 Å². The second-order valence-electron chi connectivity index (χ2n) is 6.24. The number of methoxy groups -OCH3 is 1. The third kappa shape index (κ3) is 7.19. The number of halogens is 1. The van der Waals surface area contributed by atoms with Gasteiger partial charge in [-0.3, -0.25) is 4.99 Å². The molecule has 0 atom stereocenters. The molecule has 0 saturated heterocycles. The Labute approximate surface area is 188 Å². The molecule has 0 aliphatic carbocycles. The van der Waals surface area contributed by atoms with Crippen molar-refractivity contribution in [3.05, 3.63) is 48.0 Å². The molecule has 158 valence electrons. The molecule has 2 aromatic carbocycles. The highest BCUT2D eigenvalue weighted by Crippen LogP contribution is 2.32. The fourth-order valence-corrected chi connectivity index (χ4v) is 2.80. The highest BCUT2D eigenvalue weighted by molar-refractivity contribution is 14.0. The minimum Gasteiger partial charge on any atom is -0.497 e. The van der Waals surface area contributed by atoms with Crippen LogP contribution >= 0.6 is 24.0 Å². The summed E-state index contributed by atoms with van der Waals surface area (Å²) in [7, 11) is 3.41. The lowest BCUT2D eigenvalue weighted by Gasteiger charge is -2.12. The van der Waals surface area contributed by atoms with Gasteiger partial charge in [0.2, 0.25) is 6.79 Å². The van der Waals surface area contributed by atoms with Crippen molar-refractivity contribution >= 4 is 29.9 Å². The molecule has 1 aliphatic rings. The first kappa shape index (κ1) is 22.9. The summed E-state index contributed by atoms with van der Waals surface area (Å²) in [6, 6.07) is 13.6. The Bertz CT molecular complexity index is 801. The van der Waals surface area contributed by atoms with Crippen molar-refractivity contribution in [3.8, 4) is 23.0 Å². The molecule has 0 spiro atoms. The second kappa shape index (κ2) is 12.3. The quantitative estimate of drug-likeness (QED) is 0.232. The molecule has 0 radical (unpaired) electrons. The molecule has 8 heteroatoms. The molecule has 0 aromatic heterocycles. The van der Waals surface area contributed by atoms with Crippen LogP contribution in [-0.4, -0.2) is 46.6 Å². The predicted molar refractivity (Wildman–Crippen MR) is 124 cm³/mol. The minimum absolute atomic E-state index is 0. The molecule has 0 unspecified atom stereocenters. The predicted octanol–water partition coefficient (Wildman–Crippen LogP) is 3.22. The van der Waals surface area contributed by atoms with Gasteiger partial charge < -0.3 is 29.6 Å². The monoisotopic (exact) mass is 513 g/mol. The fourth-order valence-electron chi connectivity index (χ4n) is 2.80. The van der Waals surface area contributed by atoms with Crippen molar-refractivity contribution in [1.82, 2.24) is 10.6 Å². The van der Waals surface area contributed by atoms with Crippen molar-refractivity contribution in [2.45, 2.75) is 12.8 Å². The summed E-state index contributed by atoms with van der Waals surface area (Å²) in [6.45, 7) is 2.47. The van der Waals surface area contributed by atoms with Crippen LogP contribution in [0.1, 0.15) is 12.0 Å². The third-order valence-corrected chi connectivity index (χ3v) is 4.29. The van der Waals surface area contributed by atoms with Crippen LogP contribution < -0.4 is 29.6 Å². The summed E-state index contributed by atoms with van der Waals surface area (Å²) in [5, 5.41) is 6.61.